The summed E-state index contributed by atoms with van der Waals surface area (Å²) in [6, 6.07) is 2.93. The van der Waals surface area contributed by atoms with Crippen molar-refractivity contribution in [2.75, 3.05) is 14.2 Å². The van der Waals surface area contributed by atoms with E-state index in [-0.39, 0.29) is 0 Å². The number of nitrogens with one attached hydrogen (secondary N) is 1. The highest BCUT2D eigenvalue weighted by atomic mass is 16.5. The third-order valence-electron chi connectivity index (χ3n) is 2.09. The standard InChI is InChI=1S/C10H14N2O3/c1-11-8(10(13)14)5-7-3-4-9(15-2)12-6-7/h3-4,6,8,11H,5H2,1-2H3,(H,13,14)/t8-/m1/s1. The lowest BCUT2D eigenvalue weighted by atomic mass is 10.1. The third kappa shape index (κ3) is 3.21. The van der Waals surface area contributed by atoms with Gasteiger partial charge in [0.15, 0.2) is 0 Å². The first-order valence-electron chi connectivity index (χ1n) is 4.56. The largest absolute Gasteiger partial charge is 0.481 e. The molecule has 2 N–H and O–H groups in total. The number of aromatic nitrogens is 1. The highest BCUT2D eigenvalue weighted by Crippen LogP contribution is 2.08. The maximum Gasteiger partial charge on any atom is 0.321 e. The van der Waals surface area contributed by atoms with Crippen LogP contribution >= 0.6 is 0 Å². The minimum atomic E-state index is -0.867. The number of carboxylic acid groups (broad SMARTS) is 1. The molecule has 0 aliphatic carbocycles. The van der Waals surface area contributed by atoms with E-state index in [0.29, 0.717) is 12.3 Å². The molecule has 0 saturated heterocycles. The topological polar surface area (TPSA) is 71.5 Å². The van der Waals surface area contributed by atoms with Crippen molar-refractivity contribution in [2.24, 2.45) is 0 Å². The molecule has 0 spiro atoms. The molecule has 0 aliphatic heterocycles. The molecule has 5 nitrogen and oxygen atoms in total. The number of ether oxygens (including phenoxy) is 1. The molecule has 1 aromatic heterocycles. The van der Waals surface area contributed by atoms with Crippen LogP contribution in [0.2, 0.25) is 0 Å². The average molecular weight is 210 g/mol. The molecule has 0 aliphatic rings. The van der Waals surface area contributed by atoms with Crippen molar-refractivity contribution < 1.29 is 14.6 Å². The SMILES string of the molecule is CN[C@H](Cc1ccc(OC)nc1)C(=O)O. The number of nitrogens with zero attached hydrogens (tertiary/aromatic N) is 1. The lowest BCUT2D eigenvalue weighted by Gasteiger charge is -2.10. The van der Waals surface area contributed by atoms with E-state index in [2.05, 4.69) is 10.3 Å². The number of carbonyl (C=O) groups is 1. The predicted molar refractivity (Wildman–Crippen MR) is 55.0 cm³/mol. The minimum Gasteiger partial charge on any atom is -0.481 e. The minimum absolute atomic E-state index is 0.406. The van der Waals surface area contributed by atoms with Gasteiger partial charge in [-0.25, -0.2) is 4.98 Å². The van der Waals surface area contributed by atoms with Crippen LogP contribution < -0.4 is 10.1 Å². The Balaban J connectivity index is 2.67. The van der Waals surface area contributed by atoms with E-state index in [9.17, 15) is 4.79 Å². The van der Waals surface area contributed by atoms with Gasteiger partial charge < -0.3 is 15.2 Å². The molecule has 1 heterocycles. The van der Waals surface area contributed by atoms with Crippen molar-refractivity contribution in [1.29, 1.82) is 0 Å². The summed E-state index contributed by atoms with van der Waals surface area (Å²) >= 11 is 0. The van der Waals surface area contributed by atoms with E-state index in [0.717, 1.165) is 5.56 Å². The summed E-state index contributed by atoms with van der Waals surface area (Å²) in [6.45, 7) is 0. The van der Waals surface area contributed by atoms with Crippen LogP contribution in [0.1, 0.15) is 5.56 Å². The molecule has 0 saturated carbocycles. The Morgan fingerprint density at radius 3 is 2.80 bits per heavy atom. The van der Waals surface area contributed by atoms with Crippen molar-refractivity contribution in [3.8, 4) is 5.88 Å². The molecule has 15 heavy (non-hydrogen) atoms. The Morgan fingerprint density at radius 2 is 2.40 bits per heavy atom. The normalized spacial score (nSPS) is 12.1. The van der Waals surface area contributed by atoms with Gasteiger partial charge >= 0.3 is 5.97 Å². The molecule has 5 heteroatoms. The number of hydrogen-bond acceptors (Lipinski definition) is 4. The molecule has 0 radical (unpaired) electrons. The number of rotatable bonds is 5. The highest BCUT2D eigenvalue weighted by molar-refractivity contribution is 5.73. The highest BCUT2D eigenvalue weighted by Gasteiger charge is 2.15. The zero-order chi connectivity index (χ0) is 11.3. The van der Waals surface area contributed by atoms with Gasteiger partial charge in [0.05, 0.1) is 7.11 Å². The number of methoxy groups -OCH3 is 1. The third-order valence-corrected chi connectivity index (χ3v) is 2.09. The first kappa shape index (κ1) is 11.5. The van der Waals surface area contributed by atoms with Crippen LogP contribution in [0.5, 0.6) is 5.88 Å². The molecular weight excluding hydrogens is 196 g/mol. The second kappa shape index (κ2) is 5.31. The molecule has 1 rings (SSSR count). The Morgan fingerprint density at radius 1 is 1.67 bits per heavy atom. The maximum absolute atomic E-state index is 10.8. The second-order valence-electron chi connectivity index (χ2n) is 3.09. The van der Waals surface area contributed by atoms with Crippen molar-refractivity contribution in [3.05, 3.63) is 23.9 Å². The van der Waals surface area contributed by atoms with Gasteiger partial charge in [0.25, 0.3) is 0 Å². The predicted octanol–water partition coefficient (Wildman–Crippen LogP) is 0.305. The quantitative estimate of drug-likeness (QED) is 0.731. The molecule has 0 bridgehead atoms. The van der Waals surface area contributed by atoms with Gasteiger partial charge in [-0.15, -0.1) is 0 Å². The molecule has 1 aromatic rings. The van der Waals surface area contributed by atoms with Crippen LogP contribution in [0, 0.1) is 0 Å². The Labute approximate surface area is 88.1 Å². The van der Waals surface area contributed by atoms with Crippen molar-refractivity contribution >= 4 is 5.97 Å². The van der Waals surface area contributed by atoms with Crippen LogP contribution in [-0.4, -0.2) is 36.3 Å². The fourth-order valence-corrected chi connectivity index (χ4v) is 1.20. The number of likely N-dealkylation sites (N-methyl/N-ethyl adjacent to an activating group) is 1. The summed E-state index contributed by atoms with van der Waals surface area (Å²) in [5, 5.41) is 11.5. The fourth-order valence-electron chi connectivity index (χ4n) is 1.20. The van der Waals surface area contributed by atoms with Gasteiger partial charge in [-0.05, 0) is 19.0 Å². The average Bonchev–Trinajstić information content (AvgIpc) is 2.26. The molecule has 82 valence electrons. The number of hydrogen-bond donors (Lipinski definition) is 2. The summed E-state index contributed by atoms with van der Waals surface area (Å²) in [6.07, 6.45) is 2.02. The summed E-state index contributed by atoms with van der Waals surface area (Å²) in [5.41, 5.74) is 0.859. The van der Waals surface area contributed by atoms with Crippen LogP contribution in [0.4, 0.5) is 0 Å². The van der Waals surface area contributed by atoms with Crippen molar-refractivity contribution in [1.82, 2.24) is 10.3 Å². The van der Waals surface area contributed by atoms with Gasteiger partial charge in [0.1, 0.15) is 6.04 Å². The molecule has 0 fully saturated rings. The van der Waals surface area contributed by atoms with E-state index < -0.39 is 12.0 Å². The smallest absolute Gasteiger partial charge is 0.321 e. The Bertz CT molecular complexity index is 324. The van der Waals surface area contributed by atoms with E-state index >= 15 is 0 Å². The maximum atomic E-state index is 10.8. The van der Waals surface area contributed by atoms with Gasteiger partial charge in [-0.3, -0.25) is 4.79 Å². The summed E-state index contributed by atoms with van der Waals surface area (Å²) < 4.78 is 4.90. The van der Waals surface area contributed by atoms with E-state index in [4.69, 9.17) is 9.84 Å². The molecule has 0 aromatic carbocycles. The molecule has 0 amide bonds. The molecule has 0 unspecified atom stereocenters. The van der Waals surface area contributed by atoms with Crippen LogP contribution in [0.25, 0.3) is 0 Å². The molecule has 1 atom stereocenters. The summed E-state index contributed by atoms with van der Waals surface area (Å²) in [4.78, 5) is 14.8. The van der Waals surface area contributed by atoms with E-state index in [1.165, 1.54) is 7.11 Å². The van der Waals surface area contributed by atoms with Crippen molar-refractivity contribution in [3.63, 3.8) is 0 Å². The first-order chi connectivity index (χ1) is 7.17. The lowest BCUT2D eigenvalue weighted by Crippen LogP contribution is -2.35. The zero-order valence-electron chi connectivity index (χ0n) is 8.73. The fraction of sp³-hybridized carbons (Fsp3) is 0.400. The first-order valence-corrected chi connectivity index (χ1v) is 4.56. The van der Waals surface area contributed by atoms with Gasteiger partial charge in [-0.1, -0.05) is 6.07 Å². The van der Waals surface area contributed by atoms with Gasteiger partial charge in [0.2, 0.25) is 5.88 Å². The van der Waals surface area contributed by atoms with Gasteiger partial charge in [-0.2, -0.15) is 0 Å². The van der Waals surface area contributed by atoms with Crippen molar-refractivity contribution in [2.45, 2.75) is 12.5 Å². The van der Waals surface area contributed by atoms with Crippen LogP contribution in [0.3, 0.4) is 0 Å². The lowest BCUT2D eigenvalue weighted by molar-refractivity contribution is -0.139. The van der Waals surface area contributed by atoms with Gasteiger partial charge in [0, 0.05) is 12.3 Å². The van der Waals surface area contributed by atoms with Crippen LogP contribution in [0.15, 0.2) is 18.3 Å². The number of carboxylic acids is 1. The Hall–Kier alpha value is -1.62. The molecular formula is C10H14N2O3. The summed E-state index contributed by atoms with van der Waals surface area (Å²) in [5.74, 6) is -0.344. The monoisotopic (exact) mass is 210 g/mol. The zero-order valence-corrected chi connectivity index (χ0v) is 8.73. The summed E-state index contributed by atoms with van der Waals surface area (Å²) in [7, 11) is 3.16. The van der Waals surface area contributed by atoms with E-state index in [1.54, 1.807) is 25.4 Å². The van der Waals surface area contributed by atoms with Crippen LogP contribution in [-0.2, 0) is 11.2 Å². The second-order valence-corrected chi connectivity index (χ2v) is 3.09. The number of aliphatic carboxylic acids is 1. The van der Waals surface area contributed by atoms with E-state index in [1.807, 2.05) is 0 Å². The number of pyridine rings is 1. The Kier molecular flexibility index (Phi) is 4.05.